The quantitative estimate of drug-likeness (QED) is 0.182. The van der Waals surface area contributed by atoms with Crippen molar-refractivity contribution in [3.8, 4) is 0 Å². The van der Waals surface area contributed by atoms with Crippen LogP contribution in [0.3, 0.4) is 0 Å². The van der Waals surface area contributed by atoms with E-state index in [1.807, 2.05) is 51.1 Å². The number of benzene rings is 4. The van der Waals surface area contributed by atoms with Crippen LogP contribution < -0.4 is 9.62 Å². The smallest absolute Gasteiger partial charge is 0.264 e. The molecular formula is C35H37ClFN3O4S. The molecule has 4 aromatic carbocycles. The zero-order chi connectivity index (χ0) is 32.6. The molecule has 1 N–H and O–H groups in total. The summed E-state index contributed by atoms with van der Waals surface area (Å²) in [5.41, 5.74) is 2.47. The Morgan fingerprint density at radius 3 is 2.16 bits per heavy atom. The minimum atomic E-state index is -4.24. The number of hydrogen-bond donors (Lipinski definition) is 1. The zero-order valence-electron chi connectivity index (χ0n) is 25.5. The lowest BCUT2D eigenvalue weighted by molar-refractivity contribution is -0.140. The number of halogens is 2. The molecule has 0 bridgehead atoms. The molecule has 0 saturated heterocycles. The summed E-state index contributed by atoms with van der Waals surface area (Å²) in [5, 5.41) is 3.24. The van der Waals surface area contributed by atoms with Gasteiger partial charge in [0.2, 0.25) is 11.8 Å². The molecule has 1 atom stereocenters. The molecule has 0 aliphatic heterocycles. The summed E-state index contributed by atoms with van der Waals surface area (Å²) in [6, 6.07) is 26.5. The van der Waals surface area contributed by atoms with Crippen LogP contribution in [-0.2, 0) is 32.6 Å². The summed E-state index contributed by atoms with van der Waals surface area (Å²) in [6.45, 7) is 5.50. The lowest BCUT2D eigenvalue weighted by Crippen LogP contribution is -2.53. The maximum absolute atomic E-state index is 14.4. The van der Waals surface area contributed by atoms with Crippen molar-refractivity contribution in [2.75, 3.05) is 17.4 Å². The van der Waals surface area contributed by atoms with Crippen molar-refractivity contribution in [2.45, 2.75) is 44.7 Å². The first-order valence-corrected chi connectivity index (χ1v) is 16.5. The average molecular weight is 650 g/mol. The molecule has 0 aliphatic carbocycles. The monoisotopic (exact) mass is 649 g/mol. The van der Waals surface area contributed by atoms with E-state index in [1.54, 1.807) is 42.5 Å². The number of hydrogen-bond acceptors (Lipinski definition) is 4. The number of aryl methyl sites for hydroxylation is 1. The Kier molecular flexibility index (Phi) is 11.4. The Hall–Kier alpha value is -4.21. The fourth-order valence-electron chi connectivity index (χ4n) is 4.76. The second-order valence-electron chi connectivity index (χ2n) is 11.3. The summed E-state index contributed by atoms with van der Waals surface area (Å²) in [6.07, 6.45) is 0.180. The molecule has 0 radical (unpaired) electrons. The predicted molar refractivity (Wildman–Crippen MR) is 176 cm³/mol. The normalized spacial score (nSPS) is 12.0. The standard InChI is InChI=1S/C35H37ClFN3O4S/c1-25(2)22-38-35(42)33(20-27-8-5-4-6-9-27)39(23-28-14-16-30(37)17-15-28)34(41)24-40(31-11-7-10-29(36)21-31)45(43,44)32-18-12-26(3)13-19-32/h4-19,21,25,33H,20,22-24H2,1-3H3,(H,38,42). The summed E-state index contributed by atoms with van der Waals surface area (Å²) in [4.78, 5) is 29.6. The molecule has 0 saturated carbocycles. The Balaban J connectivity index is 1.79. The van der Waals surface area contributed by atoms with Gasteiger partial charge in [-0.05, 0) is 66.4 Å². The van der Waals surface area contributed by atoms with Gasteiger partial charge in [0.15, 0.2) is 0 Å². The molecule has 4 aromatic rings. The summed E-state index contributed by atoms with van der Waals surface area (Å²) >= 11 is 6.27. The first kappa shape index (κ1) is 33.7. The van der Waals surface area contributed by atoms with Crippen LogP contribution in [0.2, 0.25) is 5.02 Å². The van der Waals surface area contributed by atoms with Crippen LogP contribution in [0, 0.1) is 18.7 Å². The first-order chi connectivity index (χ1) is 21.4. The summed E-state index contributed by atoms with van der Waals surface area (Å²) < 4.78 is 43.0. The minimum Gasteiger partial charge on any atom is -0.354 e. The number of nitrogens with zero attached hydrogens (tertiary/aromatic N) is 2. The van der Waals surface area contributed by atoms with E-state index in [4.69, 9.17) is 11.6 Å². The van der Waals surface area contributed by atoms with Crippen LogP contribution in [0.15, 0.2) is 108 Å². The van der Waals surface area contributed by atoms with Crippen molar-refractivity contribution in [3.63, 3.8) is 0 Å². The summed E-state index contributed by atoms with van der Waals surface area (Å²) in [5.74, 6) is -1.27. The maximum atomic E-state index is 14.4. The van der Waals surface area contributed by atoms with Crippen LogP contribution >= 0.6 is 11.6 Å². The number of rotatable bonds is 13. The van der Waals surface area contributed by atoms with Gasteiger partial charge in [0.1, 0.15) is 18.4 Å². The molecule has 2 amide bonds. The Bertz CT molecular complexity index is 1700. The number of amides is 2. The third kappa shape index (κ3) is 9.15. The van der Waals surface area contributed by atoms with Crippen molar-refractivity contribution in [3.05, 3.63) is 131 Å². The molecule has 10 heteroatoms. The van der Waals surface area contributed by atoms with Gasteiger partial charge in [-0.1, -0.05) is 91.7 Å². The average Bonchev–Trinajstić information content (AvgIpc) is 3.01. The minimum absolute atomic E-state index is 0.00136. The van der Waals surface area contributed by atoms with Gasteiger partial charge in [-0.25, -0.2) is 12.8 Å². The molecule has 45 heavy (non-hydrogen) atoms. The summed E-state index contributed by atoms with van der Waals surface area (Å²) in [7, 11) is -4.24. The highest BCUT2D eigenvalue weighted by molar-refractivity contribution is 7.92. The first-order valence-electron chi connectivity index (χ1n) is 14.6. The van der Waals surface area contributed by atoms with Gasteiger partial charge in [-0.3, -0.25) is 13.9 Å². The van der Waals surface area contributed by atoms with E-state index in [0.29, 0.717) is 17.1 Å². The van der Waals surface area contributed by atoms with Gasteiger partial charge in [-0.15, -0.1) is 0 Å². The Morgan fingerprint density at radius 1 is 0.867 bits per heavy atom. The lowest BCUT2D eigenvalue weighted by atomic mass is 10.0. The van der Waals surface area contributed by atoms with Gasteiger partial charge in [-0.2, -0.15) is 0 Å². The highest BCUT2D eigenvalue weighted by atomic mass is 35.5. The Morgan fingerprint density at radius 2 is 1.53 bits per heavy atom. The van der Waals surface area contributed by atoms with E-state index in [0.717, 1.165) is 15.4 Å². The molecule has 236 valence electrons. The van der Waals surface area contributed by atoms with Crippen molar-refractivity contribution in [2.24, 2.45) is 5.92 Å². The number of nitrogens with one attached hydrogen (secondary N) is 1. The van der Waals surface area contributed by atoms with Gasteiger partial charge >= 0.3 is 0 Å². The topological polar surface area (TPSA) is 86.8 Å². The van der Waals surface area contributed by atoms with E-state index < -0.39 is 34.3 Å². The molecular weight excluding hydrogens is 613 g/mol. The predicted octanol–water partition coefficient (Wildman–Crippen LogP) is 6.40. The fourth-order valence-corrected chi connectivity index (χ4v) is 6.35. The second-order valence-corrected chi connectivity index (χ2v) is 13.6. The SMILES string of the molecule is Cc1ccc(S(=O)(=O)N(CC(=O)N(Cc2ccc(F)cc2)C(Cc2ccccc2)C(=O)NCC(C)C)c2cccc(Cl)c2)cc1. The van der Waals surface area contributed by atoms with Gasteiger partial charge in [0, 0.05) is 24.5 Å². The third-order valence-corrected chi connectivity index (χ3v) is 9.23. The molecule has 4 rings (SSSR count). The van der Waals surface area contributed by atoms with Gasteiger partial charge < -0.3 is 10.2 Å². The zero-order valence-corrected chi connectivity index (χ0v) is 27.1. The van der Waals surface area contributed by atoms with Crippen LogP contribution in [0.1, 0.15) is 30.5 Å². The largest absolute Gasteiger partial charge is 0.354 e. The maximum Gasteiger partial charge on any atom is 0.264 e. The van der Waals surface area contributed by atoms with Crippen LogP contribution in [0.4, 0.5) is 10.1 Å². The van der Waals surface area contributed by atoms with Crippen LogP contribution in [-0.4, -0.2) is 44.3 Å². The molecule has 0 spiro atoms. The van der Waals surface area contributed by atoms with E-state index in [9.17, 15) is 22.4 Å². The molecule has 1 unspecified atom stereocenters. The van der Waals surface area contributed by atoms with E-state index in [-0.39, 0.29) is 35.4 Å². The van der Waals surface area contributed by atoms with Crippen molar-refractivity contribution in [1.29, 1.82) is 0 Å². The lowest BCUT2D eigenvalue weighted by Gasteiger charge is -2.34. The van der Waals surface area contributed by atoms with Crippen molar-refractivity contribution >= 4 is 39.1 Å². The molecule has 0 aliphatic rings. The fraction of sp³-hybridized carbons (Fsp3) is 0.257. The van der Waals surface area contributed by atoms with Gasteiger partial charge in [0.25, 0.3) is 10.0 Å². The number of carbonyl (C=O) groups excluding carboxylic acids is 2. The third-order valence-electron chi connectivity index (χ3n) is 7.21. The molecule has 7 nitrogen and oxygen atoms in total. The second kappa shape index (κ2) is 15.2. The van der Waals surface area contributed by atoms with Crippen LogP contribution in [0.25, 0.3) is 0 Å². The van der Waals surface area contributed by atoms with E-state index in [1.165, 1.54) is 35.2 Å². The number of anilines is 1. The van der Waals surface area contributed by atoms with Crippen molar-refractivity contribution in [1.82, 2.24) is 10.2 Å². The highest BCUT2D eigenvalue weighted by Crippen LogP contribution is 2.27. The number of carbonyl (C=O) groups is 2. The molecule has 0 aromatic heterocycles. The molecule has 0 heterocycles. The van der Waals surface area contributed by atoms with E-state index in [2.05, 4.69) is 5.32 Å². The van der Waals surface area contributed by atoms with Crippen LogP contribution in [0.5, 0.6) is 0 Å². The highest BCUT2D eigenvalue weighted by Gasteiger charge is 2.34. The number of sulfonamides is 1. The van der Waals surface area contributed by atoms with Gasteiger partial charge in [0.05, 0.1) is 10.6 Å². The van der Waals surface area contributed by atoms with Crippen molar-refractivity contribution < 1.29 is 22.4 Å². The Labute approximate surface area is 269 Å². The molecule has 0 fully saturated rings. The van der Waals surface area contributed by atoms with E-state index >= 15 is 0 Å².